The third-order valence-corrected chi connectivity index (χ3v) is 3.91. The van der Waals surface area contributed by atoms with Crippen molar-refractivity contribution in [1.82, 2.24) is 19.7 Å². The number of piperidine rings is 1. The predicted molar refractivity (Wildman–Crippen MR) is 76.1 cm³/mol. The minimum atomic E-state index is -0.0649. The molecule has 1 aromatic heterocycles. The Kier molecular flexibility index (Phi) is 4.59. The van der Waals surface area contributed by atoms with Gasteiger partial charge in [0.15, 0.2) is 0 Å². The van der Waals surface area contributed by atoms with Gasteiger partial charge in [0, 0.05) is 19.0 Å². The Bertz CT molecular complexity index is 498. The van der Waals surface area contributed by atoms with Crippen LogP contribution >= 0.6 is 35.4 Å². The Morgan fingerprint density at radius 2 is 2.05 bits per heavy atom. The quantitative estimate of drug-likeness (QED) is 0.844. The van der Waals surface area contributed by atoms with Gasteiger partial charge in [0.05, 0.1) is 4.99 Å². The molecule has 9 heteroatoms. The van der Waals surface area contributed by atoms with Crippen LogP contribution in [0, 0.1) is 5.92 Å². The normalized spacial score (nSPS) is 16.6. The van der Waals surface area contributed by atoms with Gasteiger partial charge in [0.1, 0.15) is 6.54 Å². The number of thiocarbonyl (C=S) groups is 1. The first-order valence-electron chi connectivity index (χ1n) is 5.80. The molecule has 1 amide bonds. The number of aromatic nitrogens is 3. The molecular weight excluding hydrogens is 309 g/mol. The van der Waals surface area contributed by atoms with Crippen LogP contribution in [0.1, 0.15) is 12.8 Å². The molecule has 0 bridgehead atoms. The number of hydrogen-bond donors (Lipinski definition) is 1. The molecule has 1 aliphatic heterocycles. The minimum absolute atomic E-state index is 0.0324. The topological polar surface area (TPSA) is 77.0 Å². The number of nitrogens with two attached hydrogens (primary N) is 1. The molecule has 0 aromatic carbocycles. The maximum absolute atomic E-state index is 12.1. The van der Waals surface area contributed by atoms with E-state index in [0.29, 0.717) is 18.1 Å². The summed E-state index contributed by atoms with van der Waals surface area (Å²) in [5.74, 6) is 0.160. The molecular formula is C10H13Cl2N5OS. The monoisotopic (exact) mass is 321 g/mol. The largest absolute Gasteiger partial charge is 0.393 e. The standard InChI is InChI=1S/C10H13Cl2N5OS/c11-9-14-10(12)17(15-9)5-7(18)16-3-1-6(2-4-16)8(13)19/h6H,1-5H2,(H2,13,19). The van der Waals surface area contributed by atoms with Crippen molar-refractivity contribution in [2.24, 2.45) is 11.7 Å². The number of amides is 1. The molecule has 0 atom stereocenters. The minimum Gasteiger partial charge on any atom is -0.393 e. The molecule has 1 fully saturated rings. The van der Waals surface area contributed by atoms with Crippen LogP contribution in [-0.2, 0) is 11.3 Å². The maximum Gasteiger partial charge on any atom is 0.244 e. The molecule has 6 nitrogen and oxygen atoms in total. The maximum atomic E-state index is 12.1. The molecule has 0 saturated carbocycles. The summed E-state index contributed by atoms with van der Waals surface area (Å²) in [6.45, 7) is 1.32. The number of carbonyl (C=O) groups is 1. The zero-order valence-electron chi connectivity index (χ0n) is 10.1. The summed E-state index contributed by atoms with van der Waals surface area (Å²) in [6.07, 6.45) is 1.60. The van der Waals surface area contributed by atoms with Crippen molar-refractivity contribution in [3.8, 4) is 0 Å². The van der Waals surface area contributed by atoms with Gasteiger partial charge in [0.2, 0.25) is 16.5 Å². The zero-order chi connectivity index (χ0) is 14.0. The fourth-order valence-electron chi connectivity index (χ4n) is 2.04. The molecule has 1 aliphatic rings. The molecule has 2 heterocycles. The lowest BCUT2D eigenvalue weighted by Gasteiger charge is -2.31. The van der Waals surface area contributed by atoms with E-state index < -0.39 is 0 Å². The summed E-state index contributed by atoms with van der Waals surface area (Å²) in [5, 5.41) is 3.98. The van der Waals surface area contributed by atoms with Crippen LogP contribution in [0.5, 0.6) is 0 Å². The van der Waals surface area contributed by atoms with E-state index in [0.717, 1.165) is 12.8 Å². The highest BCUT2D eigenvalue weighted by Gasteiger charge is 2.25. The van der Waals surface area contributed by atoms with E-state index in [4.69, 9.17) is 41.2 Å². The van der Waals surface area contributed by atoms with Crippen molar-refractivity contribution >= 4 is 46.3 Å². The average molecular weight is 322 g/mol. The SMILES string of the molecule is NC(=S)C1CCN(C(=O)Cn2nc(Cl)nc2Cl)CC1. The van der Waals surface area contributed by atoms with Crippen molar-refractivity contribution in [3.05, 3.63) is 10.6 Å². The first-order valence-corrected chi connectivity index (χ1v) is 6.96. The van der Waals surface area contributed by atoms with Crippen molar-refractivity contribution < 1.29 is 4.79 Å². The van der Waals surface area contributed by atoms with Crippen LogP contribution in [0.4, 0.5) is 0 Å². The van der Waals surface area contributed by atoms with Crippen molar-refractivity contribution in [2.75, 3.05) is 13.1 Å². The van der Waals surface area contributed by atoms with E-state index in [1.807, 2.05) is 0 Å². The lowest BCUT2D eigenvalue weighted by molar-refractivity contribution is -0.133. The number of halogens is 2. The van der Waals surface area contributed by atoms with Gasteiger partial charge in [-0.25, -0.2) is 4.68 Å². The Morgan fingerprint density at radius 1 is 1.42 bits per heavy atom. The Hall–Kier alpha value is -0.920. The highest BCUT2D eigenvalue weighted by molar-refractivity contribution is 7.80. The van der Waals surface area contributed by atoms with Gasteiger partial charge in [-0.3, -0.25) is 4.79 Å². The van der Waals surface area contributed by atoms with E-state index in [1.54, 1.807) is 4.90 Å². The van der Waals surface area contributed by atoms with Crippen LogP contribution in [0.2, 0.25) is 10.6 Å². The second kappa shape index (κ2) is 6.02. The van der Waals surface area contributed by atoms with Gasteiger partial charge >= 0.3 is 0 Å². The Labute approximate surface area is 125 Å². The zero-order valence-corrected chi connectivity index (χ0v) is 12.4. The van der Waals surface area contributed by atoms with E-state index in [2.05, 4.69) is 10.1 Å². The Morgan fingerprint density at radius 3 is 2.53 bits per heavy atom. The van der Waals surface area contributed by atoms with E-state index in [1.165, 1.54) is 4.68 Å². The van der Waals surface area contributed by atoms with Crippen molar-refractivity contribution in [3.63, 3.8) is 0 Å². The van der Waals surface area contributed by atoms with Gasteiger partial charge in [-0.05, 0) is 36.0 Å². The summed E-state index contributed by atoms with van der Waals surface area (Å²) in [4.78, 5) is 18.1. The van der Waals surface area contributed by atoms with Crippen molar-refractivity contribution in [2.45, 2.75) is 19.4 Å². The number of rotatable bonds is 3. The first kappa shape index (κ1) is 14.5. The summed E-state index contributed by atoms with van der Waals surface area (Å²) >= 11 is 16.4. The van der Waals surface area contributed by atoms with Gasteiger partial charge in [-0.15, -0.1) is 5.10 Å². The number of nitrogens with zero attached hydrogens (tertiary/aromatic N) is 4. The van der Waals surface area contributed by atoms with Gasteiger partial charge in [-0.2, -0.15) is 4.98 Å². The van der Waals surface area contributed by atoms with Crippen LogP contribution in [0.25, 0.3) is 0 Å². The molecule has 104 valence electrons. The van der Waals surface area contributed by atoms with Crippen LogP contribution in [0.3, 0.4) is 0 Å². The molecule has 2 rings (SSSR count). The van der Waals surface area contributed by atoms with E-state index >= 15 is 0 Å². The third-order valence-electron chi connectivity index (χ3n) is 3.14. The highest BCUT2D eigenvalue weighted by atomic mass is 35.5. The number of carbonyl (C=O) groups excluding carboxylic acids is 1. The number of hydrogen-bond acceptors (Lipinski definition) is 4. The lowest BCUT2D eigenvalue weighted by Crippen LogP contribution is -2.42. The molecule has 0 aliphatic carbocycles. The lowest BCUT2D eigenvalue weighted by atomic mass is 9.97. The summed E-state index contributed by atoms with van der Waals surface area (Å²) < 4.78 is 1.28. The van der Waals surface area contributed by atoms with Crippen LogP contribution in [0.15, 0.2) is 0 Å². The molecule has 19 heavy (non-hydrogen) atoms. The number of likely N-dealkylation sites (tertiary alicyclic amines) is 1. The van der Waals surface area contributed by atoms with E-state index in [-0.39, 0.29) is 28.9 Å². The average Bonchev–Trinajstić information content (AvgIpc) is 2.68. The first-order chi connectivity index (χ1) is 8.97. The molecule has 0 unspecified atom stereocenters. The van der Waals surface area contributed by atoms with Crippen LogP contribution in [-0.4, -0.2) is 43.6 Å². The molecule has 0 spiro atoms. The van der Waals surface area contributed by atoms with Crippen LogP contribution < -0.4 is 5.73 Å². The molecule has 0 radical (unpaired) electrons. The fourth-order valence-corrected chi connectivity index (χ4v) is 2.67. The third kappa shape index (κ3) is 3.55. The second-order valence-electron chi connectivity index (χ2n) is 4.36. The fraction of sp³-hybridized carbons (Fsp3) is 0.600. The van der Waals surface area contributed by atoms with Gasteiger partial charge < -0.3 is 10.6 Å². The smallest absolute Gasteiger partial charge is 0.244 e. The summed E-state index contributed by atoms with van der Waals surface area (Å²) in [6, 6.07) is 0. The van der Waals surface area contributed by atoms with Gasteiger partial charge in [-0.1, -0.05) is 12.2 Å². The summed E-state index contributed by atoms with van der Waals surface area (Å²) in [5.41, 5.74) is 5.61. The molecule has 2 N–H and O–H groups in total. The molecule has 1 aromatic rings. The highest BCUT2D eigenvalue weighted by Crippen LogP contribution is 2.18. The Balaban J connectivity index is 1.91. The van der Waals surface area contributed by atoms with E-state index in [9.17, 15) is 4.79 Å². The predicted octanol–water partition coefficient (Wildman–Crippen LogP) is 1.11. The van der Waals surface area contributed by atoms with Crippen molar-refractivity contribution in [1.29, 1.82) is 0 Å². The molecule has 1 saturated heterocycles. The second-order valence-corrected chi connectivity index (χ2v) is 5.51. The summed E-state index contributed by atoms with van der Waals surface area (Å²) in [7, 11) is 0. The van der Waals surface area contributed by atoms with Gasteiger partial charge in [0.25, 0.3) is 0 Å².